The summed E-state index contributed by atoms with van der Waals surface area (Å²) in [6, 6.07) is 12.6. The number of benzene rings is 2. The molecule has 7 heteroatoms. The average molecular weight is 363 g/mol. The Morgan fingerprint density at radius 1 is 1.26 bits per heavy atom. The van der Waals surface area contributed by atoms with E-state index in [0.717, 1.165) is 11.1 Å². The lowest BCUT2D eigenvalue weighted by Crippen LogP contribution is -2.47. The highest BCUT2D eigenvalue weighted by Crippen LogP contribution is 2.41. The summed E-state index contributed by atoms with van der Waals surface area (Å²) in [6.45, 7) is 9.01. The fourth-order valence-corrected chi connectivity index (χ4v) is 3.36. The molecule has 2 aromatic carbocycles. The largest absolute Gasteiger partial charge is 0.489 e. The van der Waals surface area contributed by atoms with Crippen LogP contribution >= 0.6 is 0 Å². The number of carbonyl (C=O) groups is 2. The van der Waals surface area contributed by atoms with E-state index in [1.54, 1.807) is 17.0 Å². The van der Waals surface area contributed by atoms with Crippen molar-refractivity contribution in [2.75, 3.05) is 18.1 Å². The molecular formula is C20H17N3O4. The van der Waals surface area contributed by atoms with E-state index in [1.165, 1.54) is 6.92 Å². The maximum atomic E-state index is 12.4. The highest BCUT2D eigenvalue weighted by Gasteiger charge is 2.46. The number of cyclic esters (lactones) is 1. The number of nitrogens with one attached hydrogen (secondary N) is 1. The van der Waals surface area contributed by atoms with Gasteiger partial charge in [0.1, 0.15) is 24.5 Å². The molecule has 2 aromatic rings. The van der Waals surface area contributed by atoms with Gasteiger partial charge < -0.3 is 14.8 Å². The van der Waals surface area contributed by atoms with Crippen LogP contribution in [-0.2, 0) is 9.53 Å². The van der Waals surface area contributed by atoms with E-state index in [-0.39, 0.29) is 18.5 Å². The molecule has 0 saturated carbocycles. The summed E-state index contributed by atoms with van der Waals surface area (Å²) < 4.78 is 11.3. The fourth-order valence-electron chi connectivity index (χ4n) is 3.36. The smallest absolute Gasteiger partial charge is 0.415 e. The topological polar surface area (TPSA) is 72.2 Å². The Morgan fingerprint density at radius 2 is 2.00 bits per heavy atom. The highest BCUT2D eigenvalue weighted by atomic mass is 16.6. The van der Waals surface area contributed by atoms with Crippen LogP contribution in [-0.4, -0.2) is 37.3 Å². The van der Waals surface area contributed by atoms with Crippen molar-refractivity contribution < 1.29 is 19.1 Å². The first kappa shape index (κ1) is 16.9. The number of fused-ring (bicyclic) bond motifs is 3. The number of nitrogens with zero attached hydrogens (tertiary/aromatic N) is 2. The molecule has 0 spiro atoms. The molecule has 1 N–H and O–H groups in total. The number of hydrogen-bond donors (Lipinski definition) is 1. The fraction of sp³-hybridized carbons (Fsp3) is 0.250. The summed E-state index contributed by atoms with van der Waals surface area (Å²) in [6.07, 6.45) is -0.885. The lowest BCUT2D eigenvalue weighted by atomic mass is 10.0. The van der Waals surface area contributed by atoms with E-state index >= 15 is 0 Å². The molecule has 0 radical (unpaired) electrons. The Morgan fingerprint density at radius 3 is 2.70 bits per heavy atom. The number of amides is 2. The monoisotopic (exact) mass is 363 g/mol. The normalized spacial score (nSPS) is 20.0. The average Bonchev–Trinajstić information content (AvgIpc) is 3.02. The molecule has 2 aliphatic heterocycles. The van der Waals surface area contributed by atoms with Crippen LogP contribution in [0.1, 0.15) is 6.92 Å². The SMILES string of the molecule is [C-]#[N+]c1ccc(-c2ccc3c(c2)OC[C@H]2[C@H](CNC(C)=O)OC(=O)N32)cc1. The van der Waals surface area contributed by atoms with Crippen molar-refractivity contribution in [3.8, 4) is 16.9 Å². The summed E-state index contributed by atoms with van der Waals surface area (Å²) >= 11 is 0. The first-order chi connectivity index (χ1) is 13.1. The minimum Gasteiger partial charge on any atom is -0.489 e. The molecule has 27 heavy (non-hydrogen) atoms. The van der Waals surface area contributed by atoms with Gasteiger partial charge >= 0.3 is 6.09 Å². The molecule has 1 fully saturated rings. The minimum atomic E-state index is -0.449. The Kier molecular flexibility index (Phi) is 4.16. The maximum absolute atomic E-state index is 12.4. The zero-order valence-electron chi connectivity index (χ0n) is 14.6. The number of carbonyl (C=O) groups excluding carboxylic acids is 2. The van der Waals surface area contributed by atoms with Crippen LogP contribution in [0.25, 0.3) is 16.0 Å². The van der Waals surface area contributed by atoms with Crippen molar-refractivity contribution in [3.63, 3.8) is 0 Å². The Bertz CT molecular complexity index is 949. The van der Waals surface area contributed by atoms with Gasteiger partial charge in [-0.2, -0.15) is 0 Å². The van der Waals surface area contributed by atoms with Crippen LogP contribution in [0.5, 0.6) is 5.75 Å². The molecule has 2 amide bonds. The third-order valence-corrected chi connectivity index (χ3v) is 4.72. The summed E-state index contributed by atoms with van der Waals surface area (Å²) in [5.74, 6) is 0.436. The quantitative estimate of drug-likeness (QED) is 0.851. The molecule has 136 valence electrons. The Balaban J connectivity index is 1.60. The van der Waals surface area contributed by atoms with Gasteiger partial charge in [0, 0.05) is 6.92 Å². The van der Waals surface area contributed by atoms with Gasteiger partial charge in [-0.1, -0.05) is 30.3 Å². The third kappa shape index (κ3) is 3.06. The van der Waals surface area contributed by atoms with Crippen LogP contribution in [0, 0.1) is 6.57 Å². The molecule has 1 saturated heterocycles. The highest BCUT2D eigenvalue weighted by molar-refractivity contribution is 5.94. The number of anilines is 1. The zero-order chi connectivity index (χ0) is 19.0. The van der Waals surface area contributed by atoms with E-state index in [1.807, 2.05) is 30.3 Å². The predicted octanol–water partition coefficient (Wildman–Crippen LogP) is 3.13. The second-order valence-corrected chi connectivity index (χ2v) is 6.45. The molecule has 2 aliphatic rings. The van der Waals surface area contributed by atoms with E-state index in [2.05, 4.69) is 10.2 Å². The van der Waals surface area contributed by atoms with E-state index in [0.29, 0.717) is 23.7 Å². The van der Waals surface area contributed by atoms with Gasteiger partial charge in [-0.15, -0.1) is 0 Å². The molecule has 0 aliphatic carbocycles. The number of hydrogen-bond acceptors (Lipinski definition) is 4. The first-order valence-electron chi connectivity index (χ1n) is 8.56. The summed E-state index contributed by atoms with van der Waals surface area (Å²) in [7, 11) is 0. The predicted molar refractivity (Wildman–Crippen MR) is 98.9 cm³/mol. The van der Waals surface area contributed by atoms with Crippen molar-refractivity contribution in [1.82, 2.24) is 5.32 Å². The van der Waals surface area contributed by atoms with Crippen LogP contribution in [0.3, 0.4) is 0 Å². The van der Waals surface area contributed by atoms with Crippen molar-refractivity contribution in [2.45, 2.75) is 19.1 Å². The zero-order valence-corrected chi connectivity index (χ0v) is 14.6. The van der Waals surface area contributed by atoms with Crippen molar-refractivity contribution >= 4 is 23.4 Å². The minimum absolute atomic E-state index is 0.171. The molecule has 2 heterocycles. The lowest BCUT2D eigenvalue weighted by molar-refractivity contribution is -0.119. The van der Waals surface area contributed by atoms with Crippen LogP contribution in [0.4, 0.5) is 16.2 Å². The summed E-state index contributed by atoms with van der Waals surface area (Å²) in [5.41, 5.74) is 3.14. The van der Waals surface area contributed by atoms with Gasteiger partial charge in [-0.05, 0) is 23.3 Å². The van der Waals surface area contributed by atoms with Crippen LogP contribution < -0.4 is 15.0 Å². The van der Waals surface area contributed by atoms with Crippen molar-refractivity contribution in [2.24, 2.45) is 0 Å². The van der Waals surface area contributed by atoms with Crippen LogP contribution in [0.15, 0.2) is 42.5 Å². The van der Waals surface area contributed by atoms with E-state index in [4.69, 9.17) is 16.0 Å². The van der Waals surface area contributed by atoms with Gasteiger partial charge in [0.25, 0.3) is 0 Å². The standard InChI is InChI=1S/C20H17N3O4/c1-12(24)22-10-19-17-11-26-18-9-14(13-3-6-15(21-2)7-4-13)5-8-16(18)23(17)20(25)27-19/h3-9,17,19H,10-11H2,1H3,(H,22,24)/t17-,19-/m0/s1. The molecule has 0 bridgehead atoms. The van der Waals surface area contributed by atoms with Gasteiger partial charge in [0.15, 0.2) is 5.69 Å². The molecular weight excluding hydrogens is 346 g/mol. The van der Waals surface area contributed by atoms with Gasteiger partial charge in [-0.25, -0.2) is 9.64 Å². The molecule has 0 aromatic heterocycles. The molecule has 7 nitrogen and oxygen atoms in total. The first-order valence-corrected chi connectivity index (χ1v) is 8.56. The number of rotatable bonds is 3. The lowest BCUT2D eigenvalue weighted by Gasteiger charge is -2.31. The van der Waals surface area contributed by atoms with Gasteiger partial charge in [0.05, 0.1) is 18.8 Å². The van der Waals surface area contributed by atoms with Crippen molar-refractivity contribution in [1.29, 1.82) is 0 Å². The van der Waals surface area contributed by atoms with E-state index in [9.17, 15) is 9.59 Å². The number of ether oxygens (including phenoxy) is 2. The van der Waals surface area contributed by atoms with Gasteiger partial charge in [0.2, 0.25) is 5.91 Å². The van der Waals surface area contributed by atoms with Gasteiger partial charge in [-0.3, -0.25) is 9.69 Å². The molecule has 2 atom stereocenters. The maximum Gasteiger partial charge on any atom is 0.415 e. The second kappa shape index (κ2) is 6.65. The third-order valence-electron chi connectivity index (χ3n) is 4.72. The Labute approximate surface area is 156 Å². The van der Waals surface area contributed by atoms with Crippen molar-refractivity contribution in [3.05, 3.63) is 53.9 Å². The Hall–Kier alpha value is -3.53. The van der Waals surface area contributed by atoms with Crippen LogP contribution in [0.2, 0.25) is 0 Å². The summed E-state index contributed by atoms with van der Waals surface area (Å²) in [5, 5.41) is 2.69. The second-order valence-electron chi connectivity index (χ2n) is 6.45. The summed E-state index contributed by atoms with van der Waals surface area (Å²) in [4.78, 5) is 28.5. The van der Waals surface area contributed by atoms with E-state index < -0.39 is 12.2 Å². The molecule has 0 unspecified atom stereocenters. The molecule has 4 rings (SSSR count).